The summed E-state index contributed by atoms with van der Waals surface area (Å²) >= 11 is 13.2. The largest absolute Gasteiger partial charge is 0.334 e. The Labute approximate surface area is 132 Å². The number of amides is 2. The first-order valence-electron chi connectivity index (χ1n) is 6.02. The Hall–Kier alpha value is -1.23. The number of benzene rings is 1. The van der Waals surface area contributed by atoms with E-state index in [0.29, 0.717) is 18.1 Å². The summed E-state index contributed by atoms with van der Waals surface area (Å²) in [6, 6.07) is 11.1. The average molecular weight is 329 g/mol. The summed E-state index contributed by atoms with van der Waals surface area (Å²) in [4.78, 5) is 14.6. The first-order chi connectivity index (χ1) is 9.54. The molecule has 1 aromatic carbocycles. The van der Waals surface area contributed by atoms with Crippen LogP contribution in [0.4, 0.5) is 4.79 Å². The number of hydrogen-bond acceptors (Lipinski definition) is 2. The second-order valence-corrected chi connectivity index (χ2v) is 6.59. The summed E-state index contributed by atoms with van der Waals surface area (Å²) in [7, 11) is 1.75. The van der Waals surface area contributed by atoms with E-state index in [9.17, 15) is 4.79 Å². The second-order valence-electron chi connectivity index (χ2n) is 4.35. The van der Waals surface area contributed by atoms with Gasteiger partial charge in [-0.15, -0.1) is 11.3 Å². The van der Waals surface area contributed by atoms with Crippen LogP contribution in [0.2, 0.25) is 9.36 Å². The van der Waals surface area contributed by atoms with E-state index in [1.807, 2.05) is 30.3 Å². The van der Waals surface area contributed by atoms with Crippen LogP contribution in [0.15, 0.2) is 36.4 Å². The predicted octanol–water partition coefficient (Wildman–Crippen LogP) is 4.40. The van der Waals surface area contributed by atoms with E-state index in [0.717, 1.165) is 14.8 Å². The van der Waals surface area contributed by atoms with Crippen LogP contribution in [0.25, 0.3) is 0 Å². The number of rotatable bonds is 4. The maximum atomic E-state index is 12.0. The number of urea groups is 1. The zero-order valence-electron chi connectivity index (χ0n) is 10.9. The number of halogens is 2. The van der Waals surface area contributed by atoms with Crippen molar-refractivity contribution in [2.45, 2.75) is 13.1 Å². The molecule has 1 aromatic heterocycles. The zero-order chi connectivity index (χ0) is 14.5. The van der Waals surface area contributed by atoms with Gasteiger partial charge in [-0.3, -0.25) is 0 Å². The van der Waals surface area contributed by atoms with Crippen molar-refractivity contribution in [3.63, 3.8) is 0 Å². The van der Waals surface area contributed by atoms with Gasteiger partial charge in [0.15, 0.2) is 0 Å². The molecule has 0 saturated carbocycles. The molecule has 0 aliphatic rings. The quantitative estimate of drug-likeness (QED) is 0.886. The summed E-state index contributed by atoms with van der Waals surface area (Å²) < 4.78 is 0.729. The van der Waals surface area contributed by atoms with Gasteiger partial charge in [0.05, 0.1) is 10.9 Å². The average Bonchev–Trinajstić information content (AvgIpc) is 2.81. The SMILES string of the molecule is CN(Cc1ccc(Cl)s1)C(=O)NCc1cccc(Cl)c1. The van der Waals surface area contributed by atoms with E-state index in [-0.39, 0.29) is 6.03 Å². The molecule has 6 heteroatoms. The van der Waals surface area contributed by atoms with E-state index in [2.05, 4.69) is 5.32 Å². The molecule has 0 atom stereocenters. The van der Waals surface area contributed by atoms with Gasteiger partial charge < -0.3 is 10.2 Å². The molecular weight excluding hydrogens is 315 g/mol. The van der Waals surface area contributed by atoms with Crippen molar-refractivity contribution < 1.29 is 4.79 Å². The normalized spacial score (nSPS) is 10.3. The number of hydrogen-bond donors (Lipinski definition) is 1. The summed E-state index contributed by atoms with van der Waals surface area (Å²) in [6.45, 7) is 0.994. The van der Waals surface area contributed by atoms with E-state index in [1.165, 1.54) is 11.3 Å². The van der Waals surface area contributed by atoms with Gasteiger partial charge in [0, 0.05) is 23.5 Å². The highest BCUT2D eigenvalue weighted by Gasteiger charge is 2.10. The second kappa shape index (κ2) is 6.97. The van der Waals surface area contributed by atoms with Crippen LogP contribution >= 0.6 is 34.5 Å². The number of carbonyl (C=O) groups is 1. The smallest absolute Gasteiger partial charge is 0.317 e. The molecule has 0 radical (unpaired) electrons. The molecule has 0 aliphatic heterocycles. The highest BCUT2D eigenvalue weighted by molar-refractivity contribution is 7.16. The Morgan fingerprint density at radius 1 is 1.30 bits per heavy atom. The summed E-state index contributed by atoms with van der Waals surface area (Å²) in [5.74, 6) is 0. The van der Waals surface area contributed by atoms with Crippen LogP contribution in [0.5, 0.6) is 0 Å². The van der Waals surface area contributed by atoms with Crippen LogP contribution in [0.1, 0.15) is 10.4 Å². The van der Waals surface area contributed by atoms with Gasteiger partial charge in [-0.05, 0) is 29.8 Å². The first kappa shape index (κ1) is 15.2. The lowest BCUT2D eigenvalue weighted by Gasteiger charge is -2.17. The highest BCUT2D eigenvalue weighted by atomic mass is 35.5. The first-order valence-corrected chi connectivity index (χ1v) is 7.59. The molecule has 3 nitrogen and oxygen atoms in total. The summed E-state index contributed by atoms with van der Waals surface area (Å²) in [5, 5.41) is 3.52. The standard InChI is InChI=1S/C14H14Cl2N2OS/c1-18(9-12-5-6-13(16)20-12)14(19)17-8-10-3-2-4-11(15)7-10/h2-7H,8-9H2,1H3,(H,17,19). The molecule has 2 aromatic rings. The Balaban J connectivity index is 1.85. The van der Waals surface area contributed by atoms with E-state index >= 15 is 0 Å². The van der Waals surface area contributed by atoms with Crippen molar-refractivity contribution in [2.75, 3.05) is 7.05 Å². The van der Waals surface area contributed by atoms with E-state index in [1.54, 1.807) is 18.0 Å². The van der Waals surface area contributed by atoms with Crippen molar-refractivity contribution in [3.05, 3.63) is 56.2 Å². The van der Waals surface area contributed by atoms with Gasteiger partial charge >= 0.3 is 6.03 Å². The molecule has 0 unspecified atom stereocenters. The van der Waals surface area contributed by atoms with Gasteiger partial charge in [-0.1, -0.05) is 35.3 Å². The number of nitrogens with one attached hydrogen (secondary N) is 1. The fourth-order valence-corrected chi connectivity index (χ4v) is 3.06. The zero-order valence-corrected chi connectivity index (χ0v) is 13.2. The Morgan fingerprint density at radius 3 is 2.75 bits per heavy atom. The van der Waals surface area contributed by atoms with Crippen LogP contribution in [-0.4, -0.2) is 18.0 Å². The molecule has 1 heterocycles. The molecule has 0 spiro atoms. The van der Waals surface area contributed by atoms with E-state index < -0.39 is 0 Å². The predicted molar refractivity (Wildman–Crippen MR) is 84.5 cm³/mol. The molecule has 2 rings (SSSR count). The number of nitrogens with zero attached hydrogens (tertiary/aromatic N) is 1. The topological polar surface area (TPSA) is 32.3 Å². The van der Waals surface area contributed by atoms with Crippen LogP contribution in [0, 0.1) is 0 Å². The number of thiophene rings is 1. The molecule has 106 valence electrons. The molecule has 0 saturated heterocycles. The molecule has 2 amide bonds. The van der Waals surface area contributed by atoms with Gasteiger partial charge in [-0.2, -0.15) is 0 Å². The van der Waals surface area contributed by atoms with Crippen LogP contribution < -0.4 is 5.32 Å². The van der Waals surface area contributed by atoms with Gasteiger partial charge in [0.1, 0.15) is 0 Å². The minimum atomic E-state index is -0.130. The maximum Gasteiger partial charge on any atom is 0.317 e. The van der Waals surface area contributed by atoms with Gasteiger partial charge in [-0.25, -0.2) is 4.79 Å². The molecule has 0 aliphatic carbocycles. The molecule has 1 N–H and O–H groups in total. The number of carbonyl (C=O) groups excluding carboxylic acids is 1. The minimum absolute atomic E-state index is 0.130. The maximum absolute atomic E-state index is 12.0. The lowest BCUT2D eigenvalue weighted by atomic mass is 10.2. The Bertz CT molecular complexity index is 600. The highest BCUT2D eigenvalue weighted by Crippen LogP contribution is 2.22. The third-order valence-corrected chi connectivity index (χ3v) is 4.15. The molecule has 20 heavy (non-hydrogen) atoms. The minimum Gasteiger partial charge on any atom is -0.334 e. The summed E-state index contributed by atoms with van der Waals surface area (Å²) in [5.41, 5.74) is 0.971. The third-order valence-electron chi connectivity index (χ3n) is 2.70. The third kappa shape index (κ3) is 4.40. The van der Waals surface area contributed by atoms with Gasteiger partial charge in [0.25, 0.3) is 0 Å². The molecular formula is C14H14Cl2N2OS. The fraction of sp³-hybridized carbons (Fsp3) is 0.214. The van der Waals surface area contributed by atoms with E-state index in [4.69, 9.17) is 23.2 Å². The van der Waals surface area contributed by atoms with Crippen LogP contribution in [0.3, 0.4) is 0 Å². The fourth-order valence-electron chi connectivity index (χ4n) is 1.70. The molecule has 0 bridgehead atoms. The summed E-state index contributed by atoms with van der Waals surface area (Å²) in [6.07, 6.45) is 0. The lowest BCUT2D eigenvalue weighted by molar-refractivity contribution is 0.207. The van der Waals surface area contributed by atoms with Crippen molar-refractivity contribution >= 4 is 40.6 Å². The monoisotopic (exact) mass is 328 g/mol. The molecule has 0 fully saturated rings. The Morgan fingerprint density at radius 2 is 2.10 bits per heavy atom. The van der Waals surface area contributed by atoms with Crippen molar-refractivity contribution in [1.82, 2.24) is 10.2 Å². The van der Waals surface area contributed by atoms with Crippen molar-refractivity contribution in [3.8, 4) is 0 Å². The lowest BCUT2D eigenvalue weighted by Crippen LogP contribution is -2.36. The van der Waals surface area contributed by atoms with Gasteiger partial charge in [0.2, 0.25) is 0 Å². The van der Waals surface area contributed by atoms with Crippen LogP contribution in [-0.2, 0) is 13.1 Å². The Kier molecular flexibility index (Phi) is 5.29. The van der Waals surface area contributed by atoms with Crippen molar-refractivity contribution in [1.29, 1.82) is 0 Å². The van der Waals surface area contributed by atoms with Crippen molar-refractivity contribution in [2.24, 2.45) is 0 Å².